The van der Waals surface area contributed by atoms with Gasteiger partial charge >= 0.3 is 11.9 Å². The van der Waals surface area contributed by atoms with Crippen LogP contribution < -0.4 is 0 Å². The van der Waals surface area contributed by atoms with Crippen LogP contribution in [-0.4, -0.2) is 212 Å². The number of hydrogen-bond donors (Lipinski definition) is 0. The molecule has 0 N–H and O–H groups in total. The van der Waals surface area contributed by atoms with Crippen LogP contribution in [0.5, 0.6) is 0 Å². The van der Waals surface area contributed by atoms with Gasteiger partial charge in [-0.1, -0.05) is 5.11 Å². The number of hydrogen-bond acceptors (Lipinski definition) is 18. The monoisotopic (exact) mass is 899 g/mol. The molecule has 0 aromatic carbocycles. The molecule has 0 aromatic heterocycles. The first-order valence-electron chi connectivity index (χ1n) is 21.5. The summed E-state index contributed by atoms with van der Waals surface area (Å²) in [6.07, 6.45) is 0.580. The Hall–Kier alpha value is -2.76. The van der Waals surface area contributed by atoms with Gasteiger partial charge in [0.15, 0.2) is 0 Å². The van der Waals surface area contributed by atoms with Crippen molar-refractivity contribution in [3.8, 4) is 0 Å². The number of esters is 2. The molecule has 21 heteroatoms. The van der Waals surface area contributed by atoms with Crippen molar-refractivity contribution in [3.05, 3.63) is 10.4 Å². The molecule has 0 atom stereocenters. The lowest BCUT2D eigenvalue weighted by Gasteiger charge is -2.23. The zero-order valence-electron chi connectivity index (χ0n) is 38.4. The zero-order chi connectivity index (χ0) is 45.8. The maximum atomic E-state index is 13.1. The lowest BCUT2D eigenvalue weighted by atomic mass is 10.2. The maximum absolute atomic E-state index is 13.1. The summed E-state index contributed by atoms with van der Waals surface area (Å²) in [7, 11) is 0. The first-order valence-corrected chi connectivity index (χ1v) is 21.5. The molecule has 0 heterocycles. The number of amides is 1. The Kier molecular flexibility index (Phi) is 40.3. The topological polar surface area (TPSA) is 232 Å². The van der Waals surface area contributed by atoms with Crippen molar-refractivity contribution in [2.75, 3.05) is 178 Å². The molecule has 0 aromatic rings. The van der Waals surface area contributed by atoms with Gasteiger partial charge in [0.2, 0.25) is 5.91 Å². The van der Waals surface area contributed by atoms with E-state index in [9.17, 15) is 14.4 Å². The molecule has 0 aliphatic heterocycles. The average Bonchev–Trinajstić information content (AvgIpc) is 3.20. The Morgan fingerprint density at radius 1 is 0.403 bits per heavy atom. The standard InChI is InChI=1S/C41H78N4O17/c1-40(2,3)61-38(47)8-14-50-20-26-56-32-35-59-29-23-53-17-11-45(37(46)7-13-49-19-25-55-31-34-58-28-22-52-16-10-43-44-42)12-18-54-24-30-60-36-33-57-27-21-51-15-9-39(48)62-41(4,5)6/h7-36H2,1-6H3. The molecule has 0 rings (SSSR count). The Balaban J connectivity index is 4.19. The fourth-order valence-corrected chi connectivity index (χ4v) is 4.56. The number of carbonyl (C=O) groups excluding carboxylic acids is 3. The lowest BCUT2D eigenvalue weighted by molar-refractivity contribution is -0.157. The normalized spacial score (nSPS) is 11.7. The number of azide groups is 1. The molecule has 1 amide bonds. The third-order valence-electron chi connectivity index (χ3n) is 7.31. The highest BCUT2D eigenvalue weighted by Crippen LogP contribution is 2.09. The SMILES string of the molecule is CC(C)(C)OC(=O)CCOCCOCCOCCOCCN(CCOCCOCCOCCOCCC(=O)OC(C)(C)C)C(=O)CCOCCOCCOCCOCCN=[N+]=[N-]. The minimum Gasteiger partial charge on any atom is -0.460 e. The number of rotatable bonds is 45. The van der Waals surface area contributed by atoms with E-state index in [0.717, 1.165) is 0 Å². The quantitative estimate of drug-likeness (QED) is 0.0281. The summed E-state index contributed by atoms with van der Waals surface area (Å²) in [5.74, 6) is -0.674. The van der Waals surface area contributed by atoms with E-state index < -0.39 is 11.2 Å². The van der Waals surface area contributed by atoms with Gasteiger partial charge in [-0.05, 0) is 47.1 Å². The predicted octanol–water partition coefficient (Wildman–Crippen LogP) is 3.18. The van der Waals surface area contributed by atoms with Crippen molar-refractivity contribution in [1.82, 2.24) is 4.90 Å². The second-order valence-corrected chi connectivity index (χ2v) is 15.1. The molecule has 62 heavy (non-hydrogen) atoms. The lowest BCUT2D eigenvalue weighted by Crippen LogP contribution is -2.37. The Labute approximate surface area is 368 Å². The van der Waals surface area contributed by atoms with Gasteiger partial charge in [-0.3, -0.25) is 14.4 Å². The van der Waals surface area contributed by atoms with Crippen LogP contribution in [0.4, 0.5) is 0 Å². The van der Waals surface area contributed by atoms with Gasteiger partial charge < -0.3 is 71.2 Å². The van der Waals surface area contributed by atoms with Crippen LogP contribution in [-0.2, 0) is 80.7 Å². The largest absolute Gasteiger partial charge is 0.460 e. The fourth-order valence-electron chi connectivity index (χ4n) is 4.56. The minimum absolute atomic E-state index is 0.0856. The van der Waals surface area contributed by atoms with Gasteiger partial charge in [0, 0.05) is 24.5 Å². The Morgan fingerprint density at radius 3 is 0.952 bits per heavy atom. The van der Waals surface area contributed by atoms with E-state index in [4.69, 9.17) is 71.8 Å². The second kappa shape index (κ2) is 42.2. The first kappa shape index (κ1) is 59.2. The van der Waals surface area contributed by atoms with Crippen LogP contribution in [0.3, 0.4) is 0 Å². The second-order valence-electron chi connectivity index (χ2n) is 15.1. The van der Waals surface area contributed by atoms with Crippen molar-refractivity contribution < 1.29 is 80.7 Å². The van der Waals surface area contributed by atoms with Crippen LogP contribution in [0.1, 0.15) is 60.8 Å². The van der Waals surface area contributed by atoms with Gasteiger partial charge in [-0.2, -0.15) is 0 Å². The highest BCUT2D eigenvalue weighted by atomic mass is 16.6. The van der Waals surface area contributed by atoms with Gasteiger partial charge in [-0.25, -0.2) is 0 Å². The average molecular weight is 899 g/mol. The van der Waals surface area contributed by atoms with Crippen LogP contribution in [0, 0.1) is 0 Å². The van der Waals surface area contributed by atoms with Gasteiger partial charge in [-0.15, -0.1) is 0 Å². The van der Waals surface area contributed by atoms with E-state index >= 15 is 0 Å². The van der Waals surface area contributed by atoms with Crippen LogP contribution in [0.2, 0.25) is 0 Å². The third-order valence-corrected chi connectivity index (χ3v) is 7.31. The molecule has 0 fully saturated rings. The van der Waals surface area contributed by atoms with E-state index in [0.29, 0.717) is 152 Å². The molecular formula is C41H78N4O17. The van der Waals surface area contributed by atoms with Crippen molar-refractivity contribution in [2.45, 2.75) is 72.0 Å². The Bertz CT molecular complexity index is 1060. The Morgan fingerprint density at radius 2 is 0.661 bits per heavy atom. The molecular weight excluding hydrogens is 820 g/mol. The minimum atomic E-state index is -0.510. The molecule has 0 radical (unpaired) electrons. The summed E-state index contributed by atoms with van der Waals surface area (Å²) in [6, 6.07) is 0. The number of nitrogens with zero attached hydrogens (tertiary/aromatic N) is 4. The van der Waals surface area contributed by atoms with Gasteiger partial charge in [0.25, 0.3) is 0 Å². The fraction of sp³-hybridized carbons (Fsp3) is 0.927. The molecule has 21 nitrogen and oxygen atoms in total. The van der Waals surface area contributed by atoms with Crippen LogP contribution >= 0.6 is 0 Å². The first-order chi connectivity index (χ1) is 29.8. The van der Waals surface area contributed by atoms with Crippen molar-refractivity contribution in [2.24, 2.45) is 5.11 Å². The molecule has 0 saturated heterocycles. The predicted molar refractivity (Wildman–Crippen MR) is 226 cm³/mol. The molecule has 364 valence electrons. The smallest absolute Gasteiger partial charge is 0.308 e. The van der Waals surface area contributed by atoms with E-state index in [2.05, 4.69) is 10.0 Å². The highest BCUT2D eigenvalue weighted by Gasteiger charge is 2.17. The zero-order valence-corrected chi connectivity index (χ0v) is 38.4. The molecule has 0 saturated carbocycles. The number of ether oxygens (including phenoxy) is 14. The third kappa shape index (κ3) is 46.7. The summed E-state index contributed by atoms with van der Waals surface area (Å²) in [5, 5.41) is 3.38. The van der Waals surface area contributed by atoms with Gasteiger partial charge in [0.05, 0.1) is 178 Å². The molecule has 0 aliphatic rings. The van der Waals surface area contributed by atoms with Crippen molar-refractivity contribution >= 4 is 17.8 Å². The van der Waals surface area contributed by atoms with Gasteiger partial charge in [0.1, 0.15) is 11.2 Å². The summed E-state index contributed by atoms with van der Waals surface area (Å²) < 4.78 is 76.6. The summed E-state index contributed by atoms with van der Waals surface area (Å²) in [4.78, 5) is 40.8. The number of carbonyl (C=O) groups is 3. The van der Waals surface area contributed by atoms with Crippen molar-refractivity contribution in [1.29, 1.82) is 0 Å². The maximum Gasteiger partial charge on any atom is 0.308 e. The summed E-state index contributed by atoms with van der Waals surface area (Å²) >= 11 is 0. The van der Waals surface area contributed by atoms with Crippen LogP contribution in [0.15, 0.2) is 5.11 Å². The van der Waals surface area contributed by atoms with E-state index in [1.807, 2.05) is 41.5 Å². The molecule has 0 spiro atoms. The molecule has 0 bridgehead atoms. The van der Waals surface area contributed by atoms with E-state index in [-0.39, 0.29) is 63.5 Å². The highest BCUT2D eigenvalue weighted by molar-refractivity contribution is 5.76. The summed E-state index contributed by atoms with van der Waals surface area (Å²) in [5.41, 5.74) is 7.21. The van der Waals surface area contributed by atoms with E-state index in [1.54, 1.807) is 4.90 Å². The molecule has 0 aliphatic carbocycles. The molecule has 0 unspecified atom stereocenters. The summed E-state index contributed by atoms with van der Waals surface area (Å²) in [6.45, 7) is 20.6. The van der Waals surface area contributed by atoms with E-state index in [1.165, 1.54) is 0 Å². The van der Waals surface area contributed by atoms with Crippen LogP contribution in [0.25, 0.3) is 10.4 Å². The van der Waals surface area contributed by atoms with Crippen molar-refractivity contribution in [3.63, 3.8) is 0 Å².